The van der Waals surface area contributed by atoms with Crippen molar-refractivity contribution in [1.29, 1.82) is 0 Å². The third kappa shape index (κ3) is 5.28. The fourth-order valence-electron chi connectivity index (χ4n) is 3.96. The maximum absolute atomic E-state index is 13.5. The highest BCUT2D eigenvalue weighted by Gasteiger charge is 2.34. The monoisotopic (exact) mass is 430 g/mol. The summed E-state index contributed by atoms with van der Waals surface area (Å²) in [6.45, 7) is 7.43. The Balaban J connectivity index is 1.84. The number of hydrogen-bond donors (Lipinski definition) is 0. The van der Waals surface area contributed by atoms with Crippen molar-refractivity contribution in [2.24, 2.45) is 5.92 Å². The number of benzene rings is 1. The van der Waals surface area contributed by atoms with E-state index < -0.39 is 0 Å². The molecule has 0 fully saturated rings. The van der Waals surface area contributed by atoms with Crippen molar-refractivity contribution in [3.8, 4) is 0 Å². The summed E-state index contributed by atoms with van der Waals surface area (Å²) >= 11 is 1.70. The van der Waals surface area contributed by atoms with Crippen molar-refractivity contribution >= 4 is 23.2 Å². The van der Waals surface area contributed by atoms with Gasteiger partial charge in [-0.05, 0) is 53.5 Å². The zero-order chi connectivity index (χ0) is 21.7. The average molecular weight is 431 g/mol. The number of unbranched alkanes of at least 4 members (excludes halogenated alkanes) is 1. The second-order valence-corrected chi connectivity index (χ2v) is 9.36. The molecule has 1 aromatic heterocycles. The van der Waals surface area contributed by atoms with Gasteiger partial charge in [0.05, 0.1) is 12.6 Å². The summed E-state index contributed by atoms with van der Waals surface area (Å²) in [6, 6.07) is 8.22. The number of fused-ring (bicyclic) bond motifs is 1. The van der Waals surface area contributed by atoms with Gasteiger partial charge < -0.3 is 9.80 Å². The Morgan fingerprint density at radius 2 is 1.97 bits per heavy atom. The quantitative estimate of drug-likeness (QED) is 0.589. The molecule has 0 bridgehead atoms. The van der Waals surface area contributed by atoms with E-state index in [9.17, 15) is 14.0 Å². The standard InChI is InChI=1S/C24H31FN2O2S/c1-4-5-12-26(22(28)15-17(2)3)16-23(29)27-13-10-21-20(11-14-30-21)24(27)18-6-8-19(25)9-7-18/h6-9,11,14,17,24H,4-5,10,12-13,15-16H2,1-3H3/t24-/m0/s1. The molecule has 2 aromatic rings. The predicted molar refractivity (Wildman–Crippen MR) is 119 cm³/mol. The molecular formula is C24H31FN2O2S. The van der Waals surface area contributed by atoms with Crippen molar-refractivity contribution in [3.63, 3.8) is 0 Å². The number of thiophene rings is 1. The summed E-state index contributed by atoms with van der Waals surface area (Å²) in [6.07, 6.45) is 3.12. The maximum Gasteiger partial charge on any atom is 0.242 e. The lowest BCUT2D eigenvalue weighted by Gasteiger charge is -2.37. The van der Waals surface area contributed by atoms with Gasteiger partial charge in [-0.3, -0.25) is 9.59 Å². The van der Waals surface area contributed by atoms with E-state index in [0.29, 0.717) is 19.5 Å². The molecule has 2 heterocycles. The number of rotatable bonds is 8. The number of amides is 2. The van der Waals surface area contributed by atoms with Gasteiger partial charge >= 0.3 is 0 Å². The van der Waals surface area contributed by atoms with E-state index in [2.05, 4.69) is 18.4 Å². The number of carbonyl (C=O) groups is 2. The van der Waals surface area contributed by atoms with Gasteiger partial charge in [0.15, 0.2) is 0 Å². The van der Waals surface area contributed by atoms with Crippen LogP contribution in [0.3, 0.4) is 0 Å². The Morgan fingerprint density at radius 3 is 2.63 bits per heavy atom. The minimum Gasteiger partial charge on any atom is -0.333 e. The fraction of sp³-hybridized carbons (Fsp3) is 0.500. The largest absolute Gasteiger partial charge is 0.333 e. The Morgan fingerprint density at radius 1 is 1.23 bits per heavy atom. The molecule has 0 saturated heterocycles. The first kappa shape index (κ1) is 22.5. The Hall–Kier alpha value is -2.21. The van der Waals surface area contributed by atoms with Crippen LogP contribution in [0.25, 0.3) is 0 Å². The summed E-state index contributed by atoms with van der Waals surface area (Å²) in [5.41, 5.74) is 2.01. The summed E-state index contributed by atoms with van der Waals surface area (Å²) in [4.78, 5) is 31.0. The average Bonchev–Trinajstić information content (AvgIpc) is 3.19. The van der Waals surface area contributed by atoms with Gasteiger partial charge in [-0.1, -0.05) is 39.3 Å². The zero-order valence-electron chi connectivity index (χ0n) is 18.1. The first-order chi connectivity index (χ1) is 14.4. The van der Waals surface area contributed by atoms with Gasteiger partial charge in [0.1, 0.15) is 5.82 Å². The molecule has 1 aromatic carbocycles. The zero-order valence-corrected chi connectivity index (χ0v) is 18.9. The van der Waals surface area contributed by atoms with Crippen LogP contribution < -0.4 is 0 Å². The molecule has 30 heavy (non-hydrogen) atoms. The molecule has 1 aliphatic rings. The minimum atomic E-state index is -0.289. The number of carbonyl (C=O) groups excluding carboxylic acids is 2. The molecular weight excluding hydrogens is 399 g/mol. The van der Waals surface area contributed by atoms with Crippen LogP contribution in [0.4, 0.5) is 4.39 Å². The topological polar surface area (TPSA) is 40.6 Å². The van der Waals surface area contributed by atoms with Crippen molar-refractivity contribution in [3.05, 3.63) is 57.5 Å². The normalized spacial score (nSPS) is 15.9. The van der Waals surface area contributed by atoms with Crippen LogP contribution in [0.1, 0.15) is 62.1 Å². The van der Waals surface area contributed by atoms with Crippen LogP contribution in [0.2, 0.25) is 0 Å². The van der Waals surface area contributed by atoms with E-state index in [4.69, 9.17) is 0 Å². The highest BCUT2D eigenvalue weighted by Crippen LogP contribution is 2.37. The fourth-order valence-corrected chi connectivity index (χ4v) is 4.87. The van der Waals surface area contributed by atoms with Gasteiger partial charge in [0, 0.05) is 24.4 Å². The molecule has 0 spiro atoms. The first-order valence-corrected chi connectivity index (χ1v) is 11.7. The number of halogens is 1. The molecule has 1 aliphatic heterocycles. The van der Waals surface area contributed by atoms with Crippen molar-refractivity contribution in [2.45, 2.75) is 52.5 Å². The smallest absolute Gasteiger partial charge is 0.242 e. The van der Waals surface area contributed by atoms with Crippen molar-refractivity contribution in [2.75, 3.05) is 19.6 Å². The molecule has 1 atom stereocenters. The summed E-state index contributed by atoms with van der Waals surface area (Å²) in [7, 11) is 0. The van der Waals surface area contributed by atoms with Gasteiger partial charge in [-0.2, -0.15) is 0 Å². The summed E-state index contributed by atoms with van der Waals surface area (Å²) < 4.78 is 13.5. The van der Waals surface area contributed by atoms with E-state index in [1.54, 1.807) is 28.4 Å². The van der Waals surface area contributed by atoms with E-state index in [0.717, 1.165) is 30.4 Å². The lowest BCUT2D eigenvalue weighted by Crippen LogP contribution is -2.47. The lowest BCUT2D eigenvalue weighted by atomic mass is 9.93. The predicted octanol–water partition coefficient (Wildman–Crippen LogP) is 5.04. The molecule has 0 N–H and O–H groups in total. The molecule has 4 nitrogen and oxygen atoms in total. The van der Waals surface area contributed by atoms with Crippen LogP contribution >= 0.6 is 11.3 Å². The van der Waals surface area contributed by atoms with Gasteiger partial charge in [-0.15, -0.1) is 11.3 Å². The molecule has 0 saturated carbocycles. The van der Waals surface area contributed by atoms with Crippen LogP contribution in [0, 0.1) is 11.7 Å². The SMILES string of the molecule is CCCCN(CC(=O)N1CCc2sccc2[C@@H]1c1ccc(F)cc1)C(=O)CC(C)C. The van der Waals surface area contributed by atoms with Crippen molar-refractivity contribution in [1.82, 2.24) is 9.80 Å². The van der Waals surface area contributed by atoms with E-state index in [-0.39, 0.29) is 36.1 Å². The number of hydrogen-bond acceptors (Lipinski definition) is 3. The van der Waals surface area contributed by atoms with Crippen LogP contribution in [0.5, 0.6) is 0 Å². The molecule has 0 aliphatic carbocycles. The second kappa shape index (κ2) is 10.2. The molecule has 0 unspecified atom stereocenters. The van der Waals surface area contributed by atoms with E-state index >= 15 is 0 Å². The minimum absolute atomic E-state index is 0.0402. The highest BCUT2D eigenvalue weighted by molar-refractivity contribution is 7.10. The lowest BCUT2D eigenvalue weighted by molar-refractivity contribution is -0.142. The van der Waals surface area contributed by atoms with Crippen LogP contribution in [-0.2, 0) is 16.0 Å². The van der Waals surface area contributed by atoms with Crippen LogP contribution in [0.15, 0.2) is 35.7 Å². The highest BCUT2D eigenvalue weighted by atomic mass is 32.1. The Kier molecular flexibility index (Phi) is 7.64. The van der Waals surface area contributed by atoms with Gasteiger partial charge in [0.25, 0.3) is 0 Å². The Labute approximate surface area is 182 Å². The van der Waals surface area contributed by atoms with Gasteiger partial charge in [0.2, 0.25) is 11.8 Å². The molecule has 3 rings (SSSR count). The van der Waals surface area contributed by atoms with E-state index in [1.165, 1.54) is 17.0 Å². The van der Waals surface area contributed by atoms with Gasteiger partial charge in [-0.25, -0.2) is 4.39 Å². The molecule has 6 heteroatoms. The molecule has 162 valence electrons. The third-order valence-corrected chi connectivity index (χ3v) is 6.51. The van der Waals surface area contributed by atoms with Crippen molar-refractivity contribution < 1.29 is 14.0 Å². The summed E-state index contributed by atoms with van der Waals surface area (Å²) in [5.74, 6) is -0.0391. The maximum atomic E-state index is 13.5. The van der Waals surface area contributed by atoms with E-state index in [1.807, 2.05) is 18.7 Å². The molecule has 2 amide bonds. The Bertz CT molecular complexity index is 862. The van der Waals surface area contributed by atoms with Crippen LogP contribution in [-0.4, -0.2) is 41.2 Å². The number of nitrogens with zero attached hydrogens (tertiary/aromatic N) is 2. The summed E-state index contributed by atoms with van der Waals surface area (Å²) in [5, 5.41) is 2.05. The first-order valence-electron chi connectivity index (χ1n) is 10.8. The molecule has 0 radical (unpaired) electrons. The second-order valence-electron chi connectivity index (χ2n) is 8.36. The third-order valence-electron chi connectivity index (χ3n) is 5.52.